The van der Waals surface area contributed by atoms with E-state index in [1.807, 2.05) is 0 Å². The molecule has 1 aliphatic carbocycles. The van der Waals surface area contributed by atoms with Gasteiger partial charge in [0.1, 0.15) is 11.4 Å². The number of aliphatic imine (C=N–C) groups is 1. The average molecular weight is 319 g/mol. The quantitative estimate of drug-likeness (QED) is 0.747. The molecule has 1 aromatic rings. The Morgan fingerprint density at radius 3 is 2.48 bits per heavy atom. The molecule has 1 heterocycles. The van der Waals surface area contributed by atoms with E-state index in [1.54, 1.807) is 0 Å². The van der Waals surface area contributed by atoms with Crippen molar-refractivity contribution in [2.45, 2.75) is 25.3 Å². The van der Waals surface area contributed by atoms with Crippen LogP contribution in [0.3, 0.4) is 0 Å². The number of carbonyl (C=O) groups excluding carboxylic acids is 2. The number of nitrogens with zero attached hydrogens (tertiary/aromatic N) is 1. The number of fused-ring (bicyclic) bond motifs is 1. The third-order valence-corrected chi connectivity index (χ3v) is 3.95. The van der Waals surface area contributed by atoms with Gasteiger partial charge in [0.2, 0.25) is 0 Å². The average Bonchev–Trinajstić information content (AvgIpc) is 2.45. The van der Waals surface area contributed by atoms with Gasteiger partial charge in [-0.15, -0.1) is 0 Å². The van der Waals surface area contributed by atoms with Crippen LogP contribution in [0.15, 0.2) is 47.0 Å². The van der Waals surface area contributed by atoms with Crippen molar-refractivity contribution in [2.24, 2.45) is 4.99 Å². The first-order valence-electron chi connectivity index (χ1n) is 6.90. The van der Waals surface area contributed by atoms with Crippen molar-refractivity contribution in [3.8, 4) is 0 Å². The molecule has 0 spiro atoms. The van der Waals surface area contributed by atoms with E-state index in [-0.39, 0.29) is 16.8 Å². The summed E-state index contributed by atoms with van der Waals surface area (Å²) in [6, 6.07) is 3.48. The molecule has 3 nitrogen and oxygen atoms in total. The largest absolute Gasteiger partial charge is 0.300 e. The van der Waals surface area contributed by atoms with Crippen LogP contribution in [0.4, 0.5) is 13.2 Å². The molecular formula is C17H12F3NO2. The Labute approximate surface area is 130 Å². The van der Waals surface area contributed by atoms with E-state index in [0.29, 0.717) is 0 Å². The van der Waals surface area contributed by atoms with Crippen LogP contribution in [-0.4, -0.2) is 22.8 Å². The molecule has 0 saturated heterocycles. The summed E-state index contributed by atoms with van der Waals surface area (Å²) in [6.45, 7) is 2.32. The van der Waals surface area contributed by atoms with E-state index in [4.69, 9.17) is 0 Å². The summed E-state index contributed by atoms with van der Waals surface area (Å²) in [5.74, 6) is -5.59. The third-order valence-electron chi connectivity index (χ3n) is 3.95. The molecular weight excluding hydrogens is 307 g/mol. The summed E-state index contributed by atoms with van der Waals surface area (Å²) in [5.41, 5.74) is -3.11. The van der Waals surface area contributed by atoms with E-state index in [2.05, 4.69) is 4.99 Å². The smallest absolute Gasteiger partial charge is 0.290 e. The second kappa shape index (κ2) is 4.75. The van der Waals surface area contributed by atoms with Crippen LogP contribution in [0, 0.1) is 5.82 Å². The minimum atomic E-state index is -3.55. The lowest BCUT2D eigenvalue weighted by molar-refractivity contribution is -0.114. The Morgan fingerprint density at radius 1 is 1.09 bits per heavy atom. The summed E-state index contributed by atoms with van der Waals surface area (Å²) in [4.78, 5) is 27.6. The molecule has 0 radical (unpaired) electrons. The minimum Gasteiger partial charge on any atom is -0.290 e. The van der Waals surface area contributed by atoms with E-state index < -0.39 is 34.4 Å². The molecule has 0 unspecified atom stereocenters. The van der Waals surface area contributed by atoms with Crippen molar-refractivity contribution in [1.82, 2.24) is 0 Å². The summed E-state index contributed by atoms with van der Waals surface area (Å²) in [5, 5.41) is 0. The van der Waals surface area contributed by atoms with Gasteiger partial charge in [0.25, 0.3) is 0 Å². The van der Waals surface area contributed by atoms with Crippen LogP contribution in [0.1, 0.15) is 25.0 Å². The molecule has 1 aliphatic heterocycles. The Bertz CT molecular complexity index is 832. The van der Waals surface area contributed by atoms with Gasteiger partial charge in [0, 0.05) is 5.56 Å². The lowest BCUT2D eigenvalue weighted by Gasteiger charge is -2.37. The Balaban J connectivity index is 2.31. The van der Waals surface area contributed by atoms with Crippen LogP contribution in [0.2, 0.25) is 0 Å². The molecule has 6 heteroatoms. The third kappa shape index (κ3) is 2.17. The van der Waals surface area contributed by atoms with Crippen LogP contribution in [-0.2, 0) is 15.5 Å². The number of allylic oxidation sites excluding steroid dienone is 4. The zero-order valence-electron chi connectivity index (χ0n) is 12.4. The normalized spacial score (nSPS) is 21.6. The van der Waals surface area contributed by atoms with Crippen molar-refractivity contribution in [3.63, 3.8) is 0 Å². The van der Waals surface area contributed by atoms with Crippen LogP contribution in [0.25, 0.3) is 0 Å². The summed E-state index contributed by atoms with van der Waals surface area (Å²) in [7, 11) is 0. The van der Waals surface area contributed by atoms with E-state index in [0.717, 1.165) is 38.1 Å². The molecule has 0 atom stereocenters. The van der Waals surface area contributed by atoms with Crippen molar-refractivity contribution in [2.75, 3.05) is 0 Å². The zero-order chi connectivity index (χ0) is 17.0. The van der Waals surface area contributed by atoms with Gasteiger partial charge in [0.05, 0.1) is 16.8 Å². The lowest BCUT2D eigenvalue weighted by atomic mass is 9.80. The first-order valence-corrected chi connectivity index (χ1v) is 6.90. The van der Waals surface area contributed by atoms with Crippen molar-refractivity contribution in [1.29, 1.82) is 0 Å². The maximum Gasteiger partial charge on any atom is 0.300 e. The fourth-order valence-corrected chi connectivity index (χ4v) is 2.66. The lowest BCUT2D eigenvalue weighted by Crippen LogP contribution is -2.45. The van der Waals surface area contributed by atoms with Gasteiger partial charge >= 0.3 is 5.92 Å². The van der Waals surface area contributed by atoms with E-state index >= 15 is 0 Å². The van der Waals surface area contributed by atoms with Gasteiger partial charge in [0.15, 0.2) is 11.6 Å². The highest BCUT2D eigenvalue weighted by Crippen LogP contribution is 2.47. The van der Waals surface area contributed by atoms with Gasteiger partial charge in [-0.2, -0.15) is 8.78 Å². The number of ketones is 2. The topological polar surface area (TPSA) is 46.5 Å². The first kappa shape index (κ1) is 15.4. The SMILES string of the molecule is CC1(C)N=C(C2=CC(=O)C=CC2=O)c2cccc(F)c2C1(F)F. The molecule has 2 aliphatic rings. The molecule has 0 bridgehead atoms. The van der Waals surface area contributed by atoms with Gasteiger partial charge in [-0.1, -0.05) is 12.1 Å². The summed E-state index contributed by atoms with van der Waals surface area (Å²) in [6.07, 6.45) is 3.18. The number of halogens is 3. The fourth-order valence-electron chi connectivity index (χ4n) is 2.66. The van der Waals surface area contributed by atoms with Gasteiger partial charge < -0.3 is 0 Å². The maximum atomic E-state index is 14.6. The van der Waals surface area contributed by atoms with E-state index in [1.165, 1.54) is 12.1 Å². The highest BCUT2D eigenvalue weighted by molar-refractivity contribution is 6.36. The zero-order valence-corrected chi connectivity index (χ0v) is 12.4. The number of carbonyl (C=O) groups is 2. The van der Waals surface area contributed by atoms with Crippen molar-refractivity contribution in [3.05, 3.63) is 58.9 Å². The van der Waals surface area contributed by atoms with Crippen LogP contribution >= 0.6 is 0 Å². The molecule has 1 aromatic carbocycles. The molecule has 0 fully saturated rings. The monoisotopic (exact) mass is 319 g/mol. The number of alkyl halides is 2. The second-order valence-electron chi connectivity index (χ2n) is 5.91. The summed E-state index contributed by atoms with van der Waals surface area (Å²) < 4.78 is 43.3. The maximum absolute atomic E-state index is 14.6. The predicted octanol–water partition coefficient (Wildman–Crippen LogP) is 3.13. The molecule has 3 rings (SSSR count). The Kier molecular flexibility index (Phi) is 3.18. The predicted molar refractivity (Wildman–Crippen MR) is 78.1 cm³/mol. The van der Waals surface area contributed by atoms with Crippen molar-refractivity contribution < 1.29 is 22.8 Å². The molecule has 23 heavy (non-hydrogen) atoms. The highest BCUT2D eigenvalue weighted by atomic mass is 19.3. The minimum absolute atomic E-state index is 0.0851. The number of hydrogen-bond donors (Lipinski definition) is 0. The van der Waals surface area contributed by atoms with Gasteiger partial charge in [-0.3, -0.25) is 14.6 Å². The van der Waals surface area contributed by atoms with Gasteiger partial charge in [-0.05, 0) is 38.1 Å². The van der Waals surface area contributed by atoms with Crippen LogP contribution in [0.5, 0.6) is 0 Å². The highest BCUT2D eigenvalue weighted by Gasteiger charge is 2.54. The van der Waals surface area contributed by atoms with Gasteiger partial charge in [-0.25, -0.2) is 4.39 Å². The molecule has 0 aromatic heterocycles. The molecule has 0 N–H and O–H groups in total. The summed E-state index contributed by atoms with van der Waals surface area (Å²) >= 11 is 0. The Hall–Kier alpha value is -2.50. The number of hydrogen-bond acceptors (Lipinski definition) is 3. The van der Waals surface area contributed by atoms with Crippen molar-refractivity contribution >= 4 is 17.3 Å². The van der Waals surface area contributed by atoms with E-state index in [9.17, 15) is 22.8 Å². The standard InChI is InChI=1S/C17H12F3NO2/c1-16(2)17(19,20)14-10(4-3-5-12(14)18)15(21-16)11-8-9(22)6-7-13(11)23/h3-8H,1-2H3. The second-order valence-corrected chi connectivity index (χ2v) is 5.91. The first-order chi connectivity index (χ1) is 10.6. The molecule has 0 amide bonds. The van der Waals surface area contributed by atoms with Crippen LogP contribution < -0.4 is 0 Å². The Morgan fingerprint density at radius 2 is 1.78 bits per heavy atom. The number of rotatable bonds is 1. The molecule has 118 valence electrons. The number of benzene rings is 1. The fraction of sp³-hybridized carbons (Fsp3) is 0.235. The molecule has 0 saturated carbocycles.